The number of carbonyl (C=O) groups excluding carboxylic acids is 1. The molecule has 1 aromatic carbocycles. The molecular weight excluding hydrogens is 288 g/mol. The van der Waals surface area contributed by atoms with Crippen molar-refractivity contribution in [3.63, 3.8) is 0 Å². The zero-order chi connectivity index (χ0) is 16.5. The fourth-order valence-electron chi connectivity index (χ4n) is 3.23. The predicted octanol–water partition coefficient (Wildman–Crippen LogP) is 5.38. The molecular formula is C20H30O3. The highest BCUT2D eigenvalue weighted by molar-refractivity contribution is 5.75. The lowest BCUT2D eigenvalue weighted by Crippen LogP contribution is -2.25. The second-order valence-electron chi connectivity index (χ2n) is 6.60. The van der Waals surface area contributed by atoms with Crippen LogP contribution in [0.3, 0.4) is 0 Å². The Bertz CT molecular complexity index is 458. The van der Waals surface area contributed by atoms with Crippen LogP contribution in [0.2, 0.25) is 0 Å². The van der Waals surface area contributed by atoms with E-state index in [2.05, 4.69) is 13.8 Å². The summed E-state index contributed by atoms with van der Waals surface area (Å²) in [4.78, 5) is 12.3. The van der Waals surface area contributed by atoms with Gasteiger partial charge in [-0.1, -0.05) is 33.1 Å². The smallest absolute Gasteiger partial charge is 0.314 e. The van der Waals surface area contributed by atoms with Crippen LogP contribution in [0.1, 0.15) is 65.2 Å². The van der Waals surface area contributed by atoms with Gasteiger partial charge < -0.3 is 9.47 Å². The number of hydrogen-bond donors (Lipinski definition) is 0. The molecule has 1 aromatic rings. The first-order valence-corrected chi connectivity index (χ1v) is 9.17. The van der Waals surface area contributed by atoms with Gasteiger partial charge in [0.05, 0.1) is 12.5 Å². The molecule has 0 aromatic heterocycles. The van der Waals surface area contributed by atoms with Gasteiger partial charge in [-0.2, -0.15) is 0 Å². The largest absolute Gasteiger partial charge is 0.494 e. The van der Waals surface area contributed by atoms with E-state index in [1.165, 1.54) is 12.8 Å². The Morgan fingerprint density at radius 3 is 2.26 bits per heavy atom. The average molecular weight is 318 g/mol. The summed E-state index contributed by atoms with van der Waals surface area (Å²) < 4.78 is 11.2. The molecule has 1 aliphatic carbocycles. The Balaban J connectivity index is 1.77. The van der Waals surface area contributed by atoms with Crippen molar-refractivity contribution in [3.05, 3.63) is 24.3 Å². The van der Waals surface area contributed by atoms with Gasteiger partial charge in [0.15, 0.2) is 0 Å². The highest BCUT2D eigenvalue weighted by Crippen LogP contribution is 2.32. The predicted molar refractivity (Wildman–Crippen MR) is 92.8 cm³/mol. The number of carbonyl (C=O) groups is 1. The number of unbranched alkanes of at least 4 members (excludes halogenated alkanes) is 1. The lowest BCUT2D eigenvalue weighted by molar-refractivity contribution is -0.140. The van der Waals surface area contributed by atoms with Crippen molar-refractivity contribution >= 4 is 5.97 Å². The van der Waals surface area contributed by atoms with Crippen molar-refractivity contribution < 1.29 is 14.3 Å². The van der Waals surface area contributed by atoms with Crippen molar-refractivity contribution in [2.24, 2.45) is 11.8 Å². The summed E-state index contributed by atoms with van der Waals surface area (Å²) in [5.41, 5.74) is 0. The second kappa shape index (κ2) is 9.59. The average Bonchev–Trinajstić information content (AvgIpc) is 2.57. The van der Waals surface area contributed by atoms with Gasteiger partial charge in [0.1, 0.15) is 11.5 Å². The Hall–Kier alpha value is -1.51. The molecule has 0 N–H and O–H groups in total. The van der Waals surface area contributed by atoms with E-state index in [0.717, 1.165) is 56.8 Å². The molecule has 0 aliphatic heterocycles. The van der Waals surface area contributed by atoms with Crippen LogP contribution in [0.25, 0.3) is 0 Å². The molecule has 0 radical (unpaired) electrons. The van der Waals surface area contributed by atoms with Gasteiger partial charge in [-0.25, -0.2) is 0 Å². The van der Waals surface area contributed by atoms with Crippen LogP contribution >= 0.6 is 0 Å². The Labute approximate surface area is 140 Å². The van der Waals surface area contributed by atoms with Crippen LogP contribution in [0, 0.1) is 11.8 Å². The molecule has 0 bridgehead atoms. The van der Waals surface area contributed by atoms with Gasteiger partial charge in [-0.15, -0.1) is 0 Å². The van der Waals surface area contributed by atoms with Crippen LogP contribution in [0.5, 0.6) is 11.5 Å². The fourth-order valence-corrected chi connectivity index (χ4v) is 3.23. The molecule has 1 aliphatic rings. The molecule has 0 heterocycles. The molecule has 1 saturated carbocycles. The minimum absolute atomic E-state index is 0.0698. The fraction of sp³-hybridized carbons (Fsp3) is 0.650. The zero-order valence-electron chi connectivity index (χ0n) is 14.6. The third-order valence-corrected chi connectivity index (χ3v) is 4.69. The third-order valence-electron chi connectivity index (χ3n) is 4.69. The molecule has 0 amide bonds. The monoisotopic (exact) mass is 318 g/mol. The summed E-state index contributed by atoms with van der Waals surface area (Å²) in [6, 6.07) is 7.39. The van der Waals surface area contributed by atoms with Crippen molar-refractivity contribution in [2.45, 2.75) is 65.2 Å². The summed E-state index contributed by atoms with van der Waals surface area (Å²) in [5, 5.41) is 0. The molecule has 0 saturated heterocycles. The van der Waals surface area contributed by atoms with Gasteiger partial charge in [-0.05, 0) is 62.3 Å². The minimum Gasteiger partial charge on any atom is -0.494 e. The zero-order valence-corrected chi connectivity index (χ0v) is 14.6. The Morgan fingerprint density at radius 1 is 1.00 bits per heavy atom. The highest BCUT2D eigenvalue weighted by atomic mass is 16.5. The molecule has 23 heavy (non-hydrogen) atoms. The van der Waals surface area contributed by atoms with Crippen molar-refractivity contribution in [1.29, 1.82) is 0 Å². The van der Waals surface area contributed by atoms with Gasteiger partial charge in [-0.3, -0.25) is 4.79 Å². The highest BCUT2D eigenvalue weighted by Gasteiger charge is 2.27. The first-order chi connectivity index (χ1) is 11.2. The van der Waals surface area contributed by atoms with E-state index in [-0.39, 0.29) is 11.9 Å². The molecule has 0 spiro atoms. The minimum atomic E-state index is -0.0698. The quantitative estimate of drug-likeness (QED) is 0.367. The number of hydrogen-bond acceptors (Lipinski definition) is 3. The van der Waals surface area contributed by atoms with Crippen LogP contribution < -0.4 is 9.47 Å². The van der Waals surface area contributed by atoms with Crippen LogP contribution in [-0.2, 0) is 4.79 Å². The number of ether oxygens (including phenoxy) is 2. The molecule has 3 heteroatoms. The maximum absolute atomic E-state index is 12.3. The summed E-state index contributed by atoms with van der Waals surface area (Å²) in [6.07, 6.45) is 8.99. The van der Waals surface area contributed by atoms with Crippen LogP contribution in [-0.4, -0.2) is 12.6 Å². The summed E-state index contributed by atoms with van der Waals surface area (Å²) in [5.74, 6) is 2.26. The topological polar surface area (TPSA) is 35.5 Å². The van der Waals surface area contributed by atoms with E-state index < -0.39 is 0 Å². The Kier molecular flexibility index (Phi) is 7.44. The number of rotatable bonds is 8. The lowest BCUT2D eigenvalue weighted by atomic mass is 9.80. The molecule has 0 atom stereocenters. The lowest BCUT2D eigenvalue weighted by Gasteiger charge is -2.26. The normalized spacial score (nSPS) is 21.0. The van der Waals surface area contributed by atoms with Gasteiger partial charge in [0, 0.05) is 0 Å². The molecule has 128 valence electrons. The van der Waals surface area contributed by atoms with E-state index in [1.54, 1.807) is 0 Å². The van der Waals surface area contributed by atoms with Crippen molar-refractivity contribution in [2.75, 3.05) is 6.61 Å². The molecule has 3 nitrogen and oxygen atoms in total. The van der Waals surface area contributed by atoms with E-state index in [9.17, 15) is 4.79 Å². The first kappa shape index (κ1) is 17.8. The Morgan fingerprint density at radius 2 is 1.65 bits per heavy atom. The van der Waals surface area contributed by atoms with Gasteiger partial charge >= 0.3 is 5.97 Å². The first-order valence-electron chi connectivity index (χ1n) is 9.17. The van der Waals surface area contributed by atoms with E-state index in [0.29, 0.717) is 5.75 Å². The maximum Gasteiger partial charge on any atom is 0.314 e. The number of esters is 1. The van der Waals surface area contributed by atoms with E-state index in [1.807, 2.05) is 24.3 Å². The summed E-state index contributed by atoms with van der Waals surface area (Å²) >= 11 is 0. The SMILES string of the molecule is CCCCOc1ccc(OC(=O)C2CCC(CCC)CC2)cc1. The third kappa shape index (κ3) is 5.89. The molecule has 0 unspecified atom stereocenters. The van der Waals surface area contributed by atoms with Crippen molar-refractivity contribution in [1.82, 2.24) is 0 Å². The second-order valence-corrected chi connectivity index (χ2v) is 6.60. The molecule has 1 fully saturated rings. The standard InChI is InChI=1S/C20H30O3/c1-3-5-15-22-18-11-13-19(14-12-18)23-20(21)17-9-7-16(6-4-2)8-10-17/h11-14,16-17H,3-10,15H2,1-2H3. The maximum atomic E-state index is 12.3. The number of benzene rings is 1. The van der Waals surface area contributed by atoms with Gasteiger partial charge in [0.2, 0.25) is 0 Å². The van der Waals surface area contributed by atoms with Crippen LogP contribution in [0.4, 0.5) is 0 Å². The van der Waals surface area contributed by atoms with Crippen LogP contribution in [0.15, 0.2) is 24.3 Å². The van der Waals surface area contributed by atoms with Gasteiger partial charge in [0.25, 0.3) is 0 Å². The summed E-state index contributed by atoms with van der Waals surface area (Å²) in [6.45, 7) is 5.11. The van der Waals surface area contributed by atoms with Crippen molar-refractivity contribution in [3.8, 4) is 11.5 Å². The molecule has 2 rings (SSSR count). The summed E-state index contributed by atoms with van der Waals surface area (Å²) in [7, 11) is 0. The van der Waals surface area contributed by atoms with E-state index >= 15 is 0 Å². The van der Waals surface area contributed by atoms with E-state index in [4.69, 9.17) is 9.47 Å².